The number of ether oxygens (including phenoxy) is 1. The molecule has 1 unspecified atom stereocenters. The van der Waals surface area contributed by atoms with Crippen molar-refractivity contribution in [2.45, 2.75) is 6.04 Å². The van der Waals surface area contributed by atoms with Gasteiger partial charge in [0.15, 0.2) is 6.04 Å². The van der Waals surface area contributed by atoms with Gasteiger partial charge in [-0.1, -0.05) is 23.2 Å². The summed E-state index contributed by atoms with van der Waals surface area (Å²) in [5, 5.41) is 4.21. The number of carbonyl (C=O) groups is 1. The van der Waals surface area contributed by atoms with E-state index in [-0.39, 0.29) is 0 Å². The number of hydrogen-bond donors (Lipinski definition) is 1. The van der Waals surface area contributed by atoms with Crippen molar-refractivity contribution < 1.29 is 9.53 Å². The van der Waals surface area contributed by atoms with Crippen LogP contribution in [0.1, 0.15) is 11.0 Å². The molecule has 0 saturated carbocycles. The normalized spacial score (nSPS) is 11.9. The van der Waals surface area contributed by atoms with Gasteiger partial charge in [-0.3, -0.25) is 0 Å². The molecule has 0 amide bonds. The number of carbonyl (C=O) groups excluding carboxylic acids is 1. The lowest BCUT2D eigenvalue weighted by atomic mass is 10.2. The average molecular weight is 317 g/mol. The van der Waals surface area contributed by atoms with Crippen LogP contribution in [-0.4, -0.2) is 18.1 Å². The molecule has 1 N–H and O–H groups in total. The van der Waals surface area contributed by atoms with Crippen LogP contribution in [0.5, 0.6) is 0 Å². The first kappa shape index (κ1) is 14.1. The third-order valence-corrected chi connectivity index (χ3v) is 3.77. The summed E-state index contributed by atoms with van der Waals surface area (Å²) in [5.41, 5.74) is 0.742. The highest BCUT2D eigenvalue weighted by molar-refractivity contribution is 7.16. The lowest BCUT2D eigenvalue weighted by Crippen LogP contribution is -2.22. The number of hydrogen-bond acceptors (Lipinski definition) is 5. The summed E-state index contributed by atoms with van der Waals surface area (Å²) in [6.07, 6.45) is 1.50. The predicted molar refractivity (Wildman–Crippen MR) is 77.0 cm³/mol. The van der Waals surface area contributed by atoms with Crippen molar-refractivity contribution in [3.8, 4) is 0 Å². The number of benzene rings is 1. The largest absolute Gasteiger partial charge is 0.467 e. The molecule has 2 rings (SSSR count). The Hall–Kier alpha value is -1.30. The molecular weight excluding hydrogens is 307 g/mol. The van der Waals surface area contributed by atoms with E-state index < -0.39 is 12.0 Å². The molecule has 19 heavy (non-hydrogen) atoms. The molecule has 0 aliphatic rings. The van der Waals surface area contributed by atoms with Gasteiger partial charge in [0.05, 0.1) is 13.3 Å². The average Bonchev–Trinajstić information content (AvgIpc) is 2.83. The minimum absolute atomic E-state index is 0.430. The number of anilines is 1. The van der Waals surface area contributed by atoms with Gasteiger partial charge in [0.2, 0.25) is 0 Å². The van der Waals surface area contributed by atoms with Crippen molar-refractivity contribution in [1.29, 1.82) is 0 Å². The summed E-state index contributed by atoms with van der Waals surface area (Å²) in [6.45, 7) is 0. The first-order valence-corrected chi connectivity index (χ1v) is 6.88. The van der Waals surface area contributed by atoms with E-state index in [1.165, 1.54) is 24.6 Å². The first-order chi connectivity index (χ1) is 9.10. The number of thiazole rings is 1. The van der Waals surface area contributed by atoms with Gasteiger partial charge < -0.3 is 10.1 Å². The standard InChI is InChI=1S/C12H10Cl2N2O2S/c1-18-12(17)10(11-15-6-9(14)19-11)16-8-4-2-7(13)3-5-8/h2-6,10,16H,1H3. The van der Waals surface area contributed by atoms with E-state index in [0.717, 1.165) is 5.69 Å². The molecule has 0 bridgehead atoms. The number of rotatable bonds is 4. The van der Waals surface area contributed by atoms with Gasteiger partial charge in [-0.2, -0.15) is 0 Å². The topological polar surface area (TPSA) is 51.2 Å². The van der Waals surface area contributed by atoms with Gasteiger partial charge in [-0.05, 0) is 24.3 Å². The highest BCUT2D eigenvalue weighted by Gasteiger charge is 2.24. The molecule has 1 heterocycles. The van der Waals surface area contributed by atoms with E-state index in [1.54, 1.807) is 24.3 Å². The number of nitrogens with zero attached hydrogens (tertiary/aromatic N) is 1. The molecule has 0 spiro atoms. The van der Waals surface area contributed by atoms with Crippen LogP contribution >= 0.6 is 34.5 Å². The van der Waals surface area contributed by atoms with Gasteiger partial charge >= 0.3 is 5.97 Å². The lowest BCUT2D eigenvalue weighted by molar-refractivity contribution is -0.141. The first-order valence-electron chi connectivity index (χ1n) is 5.31. The molecular formula is C12H10Cl2N2O2S. The van der Waals surface area contributed by atoms with Crippen molar-refractivity contribution in [3.05, 3.63) is 44.8 Å². The second kappa shape index (κ2) is 6.23. The molecule has 0 aliphatic carbocycles. The smallest absolute Gasteiger partial charge is 0.335 e. The Morgan fingerprint density at radius 2 is 2.05 bits per heavy atom. The van der Waals surface area contributed by atoms with E-state index >= 15 is 0 Å². The van der Waals surface area contributed by atoms with Crippen LogP contribution in [0.4, 0.5) is 5.69 Å². The molecule has 1 aromatic heterocycles. The van der Waals surface area contributed by atoms with Crippen LogP contribution in [-0.2, 0) is 9.53 Å². The SMILES string of the molecule is COC(=O)C(Nc1ccc(Cl)cc1)c1ncc(Cl)s1. The molecule has 0 radical (unpaired) electrons. The second-order valence-electron chi connectivity index (χ2n) is 3.61. The number of aromatic nitrogens is 1. The minimum atomic E-state index is -0.691. The molecule has 1 atom stereocenters. The van der Waals surface area contributed by atoms with Gasteiger partial charge in [-0.15, -0.1) is 11.3 Å². The Morgan fingerprint density at radius 1 is 1.37 bits per heavy atom. The highest BCUT2D eigenvalue weighted by atomic mass is 35.5. The van der Waals surface area contributed by atoms with Crippen LogP contribution in [0.2, 0.25) is 9.36 Å². The molecule has 7 heteroatoms. The van der Waals surface area contributed by atoms with E-state index in [0.29, 0.717) is 14.4 Å². The molecule has 1 aromatic carbocycles. The summed E-state index contributed by atoms with van der Waals surface area (Å²) in [7, 11) is 1.33. The van der Waals surface area contributed by atoms with Crippen molar-refractivity contribution in [2.24, 2.45) is 0 Å². The Morgan fingerprint density at radius 3 is 2.58 bits per heavy atom. The molecule has 0 fully saturated rings. The third-order valence-electron chi connectivity index (χ3n) is 2.33. The van der Waals surface area contributed by atoms with E-state index in [4.69, 9.17) is 27.9 Å². The summed E-state index contributed by atoms with van der Waals surface area (Å²) in [6, 6.07) is 6.31. The fraction of sp³-hybridized carbons (Fsp3) is 0.167. The van der Waals surface area contributed by atoms with Crippen LogP contribution < -0.4 is 5.32 Å². The molecule has 0 saturated heterocycles. The van der Waals surface area contributed by atoms with Gasteiger partial charge in [0.1, 0.15) is 9.34 Å². The van der Waals surface area contributed by atoms with Crippen LogP contribution in [0.3, 0.4) is 0 Å². The summed E-state index contributed by atoms with van der Waals surface area (Å²) in [5.74, 6) is -0.430. The zero-order valence-electron chi connectivity index (χ0n) is 9.89. The number of halogens is 2. The molecule has 4 nitrogen and oxygen atoms in total. The van der Waals surface area contributed by atoms with Gasteiger partial charge in [0.25, 0.3) is 0 Å². The predicted octanol–water partition coefficient (Wildman–Crippen LogP) is 3.78. The minimum Gasteiger partial charge on any atom is -0.467 e. The number of methoxy groups -OCH3 is 1. The lowest BCUT2D eigenvalue weighted by Gasteiger charge is -2.15. The zero-order valence-corrected chi connectivity index (χ0v) is 12.2. The summed E-state index contributed by atoms with van der Waals surface area (Å²) in [4.78, 5) is 15.9. The van der Waals surface area contributed by atoms with Gasteiger partial charge in [-0.25, -0.2) is 9.78 Å². The van der Waals surface area contributed by atoms with Crippen LogP contribution in [0, 0.1) is 0 Å². The van der Waals surface area contributed by atoms with Crippen molar-refractivity contribution in [2.75, 3.05) is 12.4 Å². The van der Waals surface area contributed by atoms with Crippen molar-refractivity contribution in [1.82, 2.24) is 4.98 Å². The zero-order chi connectivity index (χ0) is 13.8. The van der Waals surface area contributed by atoms with Crippen LogP contribution in [0.15, 0.2) is 30.5 Å². The summed E-state index contributed by atoms with van der Waals surface area (Å²) >= 11 is 12.9. The van der Waals surface area contributed by atoms with E-state index in [9.17, 15) is 4.79 Å². The quantitative estimate of drug-likeness (QED) is 0.872. The maximum absolute atomic E-state index is 11.8. The van der Waals surface area contributed by atoms with E-state index in [1.807, 2.05) is 0 Å². The molecule has 2 aromatic rings. The van der Waals surface area contributed by atoms with E-state index in [2.05, 4.69) is 10.3 Å². The van der Waals surface area contributed by atoms with Gasteiger partial charge in [0, 0.05) is 10.7 Å². The highest BCUT2D eigenvalue weighted by Crippen LogP contribution is 2.28. The number of esters is 1. The monoisotopic (exact) mass is 316 g/mol. The number of nitrogens with one attached hydrogen (secondary N) is 1. The Labute approximate surface area is 124 Å². The second-order valence-corrected chi connectivity index (χ2v) is 5.74. The third kappa shape index (κ3) is 3.59. The fourth-order valence-corrected chi connectivity index (χ4v) is 2.55. The fourth-order valence-electron chi connectivity index (χ4n) is 1.45. The van der Waals surface area contributed by atoms with Crippen LogP contribution in [0.25, 0.3) is 0 Å². The van der Waals surface area contributed by atoms with Crippen molar-refractivity contribution >= 4 is 46.2 Å². The molecule has 100 valence electrons. The molecule has 0 aliphatic heterocycles. The van der Waals surface area contributed by atoms with Crippen molar-refractivity contribution in [3.63, 3.8) is 0 Å². The summed E-state index contributed by atoms with van der Waals surface area (Å²) < 4.78 is 5.28. The Bertz CT molecular complexity index is 571. The maximum Gasteiger partial charge on any atom is 0.335 e. The Balaban J connectivity index is 2.23. The maximum atomic E-state index is 11.8. The Kier molecular flexibility index (Phi) is 4.63.